The predicted octanol–water partition coefficient (Wildman–Crippen LogP) is 20.4. The number of aliphatic hydroxyl groups excluding tert-OH is 8. The Morgan fingerprint density at radius 2 is 0.654 bits per heavy atom. The molecule has 0 aliphatic carbocycles. The standard InChI is InChI=1S/C93H153NO13/c1-3-5-7-9-11-13-15-17-19-21-23-25-27-29-31-33-35-37-38-39-40-41-42-43-44-45-47-49-51-53-55-57-59-61-63-65-67-69-71-73-75-77-85(98)94-81(80-104-92-90(103)88(101)91(84(79-96)106-92)107-93-89(102)87(100)86(99)83(78-95)105-93)82(97)76-74-72-70-68-66-64-62-60-58-56-54-52-50-48-46-36-34-32-30-28-26-24-22-20-18-16-14-12-10-8-6-4-2/h5,7,11,13,17,19,23,25,29,31,35,37,39-40,42-43,45,47,51,53,57-60,63,65-66,68,74,76,81-84,86-93,95-97,99-103H,3-4,6,8-10,12,14-16,18,20-22,24,26-28,30,32-34,36,38,41,44,46,48-50,52,54-56,61-62,64,67,69-73,75,77-80H2,1-2H3,(H,94,98)/b7-5-,13-11-,19-17-,25-23-,31-29-,37-35-,40-39-,43-42-,47-45-,53-51-,59-57-,60-58+,65-63-,68-66+,76-74+. The number of allylic oxidation sites excluding steroid dienone is 29. The minimum Gasteiger partial charge on any atom is -0.394 e. The van der Waals surface area contributed by atoms with Gasteiger partial charge in [-0.1, -0.05) is 344 Å². The molecule has 608 valence electrons. The summed E-state index contributed by atoms with van der Waals surface area (Å²) in [5.41, 5.74) is 0. The number of nitrogens with one attached hydrogen (secondary N) is 1. The highest BCUT2D eigenvalue weighted by Crippen LogP contribution is 2.30. The maximum absolute atomic E-state index is 13.4. The molecule has 14 heteroatoms. The highest BCUT2D eigenvalue weighted by Gasteiger charge is 2.51. The lowest BCUT2D eigenvalue weighted by Crippen LogP contribution is -2.65. The molecule has 107 heavy (non-hydrogen) atoms. The summed E-state index contributed by atoms with van der Waals surface area (Å²) in [6.07, 6.45) is 99.8. The molecule has 2 aliphatic heterocycles. The van der Waals surface area contributed by atoms with Crippen LogP contribution in [-0.2, 0) is 23.7 Å². The van der Waals surface area contributed by atoms with Gasteiger partial charge >= 0.3 is 0 Å². The Morgan fingerprint density at radius 3 is 1.03 bits per heavy atom. The number of carbonyl (C=O) groups excluding carboxylic acids is 1. The van der Waals surface area contributed by atoms with Gasteiger partial charge in [0.2, 0.25) is 5.91 Å². The van der Waals surface area contributed by atoms with Crippen molar-refractivity contribution in [1.82, 2.24) is 5.32 Å². The van der Waals surface area contributed by atoms with Crippen LogP contribution in [0.15, 0.2) is 182 Å². The third-order valence-electron chi connectivity index (χ3n) is 19.3. The Hall–Kier alpha value is -4.91. The van der Waals surface area contributed by atoms with E-state index in [0.29, 0.717) is 12.8 Å². The Bertz CT molecular complexity index is 2520. The van der Waals surface area contributed by atoms with Crippen molar-refractivity contribution in [1.29, 1.82) is 0 Å². The average molecular weight is 1490 g/mol. The minimum absolute atomic E-state index is 0.228. The van der Waals surface area contributed by atoms with Gasteiger partial charge < -0.3 is 65.1 Å². The van der Waals surface area contributed by atoms with Crippen molar-refractivity contribution >= 4 is 5.91 Å². The number of hydrogen-bond acceptors (Lipinski definition) is 13. The number of rotatable bonds is 69. The highest BCUT2D eigenvalue weighted by molar-refractivity contribution is 5.76. The lowest BCUT2D eigenvalue weighted by atomic mass is 9.97. The van der Waals surface area contributed by atoms with Crippen molar-refractivity contribution in [3.63, 3.8) is 0 Å². The van der Waals surface area contributed by atoms with Gasteiger partial charge in [0.1, 0.15) is 48.8 Å². The molecule has 2 aliphatic rings. The highest BCUT2D eigenvalue weighted by atomic mass is 16.7. The van der Waals surface area contributed by atoms with Crippen LogP contribution in [0.5, 0.6) is 0 Å². The van der Waals surface area contributed by atoms with E-state index in [9.17, 15) is 45.6 Å². The van der Waals surface area contributed by atoms with E-state index < -0.39 is 86.8 Å². The summed E-state index contributed by atoms with van der Waals surface area (Å²) in [7, 11) is 0. The van der Waals surface area contributed by atoms with Crippen molar-refractivity contribution in [2.24, 2.45) is 0 Å². The van der Waals surface area contributed by atoms with E-state index >= 15 is 0 Å². The van der Waals surface area contributed by atoms with Gasteiger partial charge in [-0.3, -0.25) is 4.79 Å². The molecule has 12 atom stereocenters. The third kappa shape index (κ3) is 56.0. The third-order valence-corrected chi connectivity index (χ3v) is 19.3. The largest absolute Gasteiger partial charge is 0.394 e. The molecule has 0 spiro atoms. The van der Waals surface area contributed by atoms with Crippen LogP contribution in [0.1, 0.15) is 303 Å². The van der Waals surface area contributed by atoms with Crippen LogP contribution in [0.4, 0.5) is 0 Å². The number of ether oxygens (including phenoxy) is 4. The second-order valence-electron chi connectivity index (χ2n) is 28.9. The van der Waals surface area contributed by atoms with E-state index in [-0.39, 0.29) is 18.9 Å². The number of amides is 1. The van der Waals surface area contributed by atoms with Crippen LogP contribution in [-0.4, -0.2) is 140 Å². The first-order chi connectivity index (χ1) is 52.6. The van der Waals surface area contributed by atoms with Gasteiger partial charge in [0.25, 0.3) is 0 Å². The zero-order valence-corrected chi connectivity index (χ0v) is 66.8. The van der Waals surface area contributed by atoms with Crippen LogP contribution in [0.3, 0.4) is 0 Å². The molecule has 0 aromatic rings. The van der Waals surface area contributed by atoms with Gasteiger partial charge in [-0.2, -0.15) is 0 Å². The van der Waals surface area contributed by atoms with E-state index in [1.807, 2.05) is 6.08 Å². The van der Waals surface area contributed by atoms with Crippen molar-refractivity contribution in [2.75, 3.05) is 19.8 Å². The number of aliphatic hydroxyl groups is 8. The smallest absolute Gasteiger partial charge is 0.220 e. The molecule has 0 aromatic heterocycles. The first kappa shape index (κ1) is 98.2. The summed E-state index contributed by atoms with van der Waals surface area (Å²) in [6.45, 7) is 2.66. The molecule has 14 nitrogen and oxygen atoms in total. The Kier molecular flexibility index (Phi) is 67.8. The molecule has 0 aromatic carbocycles. The zero-order chi connectivity index (χ0) is 77.2. The van der Waals surface area contributed by atoms with Gasteiger partial charge in [-0.05, 0) is 135 Å². The summed E-state index contributed by atoms with van der Waals surface area (Å²) in [5.74, 6) is -0.283. The Balaban J connectivity index is 1.66. The van der Waals surface area contributed by atoms with Crippen molar-refractivity contribution in [3.8, 4) is 0 Å². The molecular weight excluding hydrogens is 1340 g/mol. The maximum atomic E-state index is 13.4. The van der Waals surface area contributed by atoms with Crippen molar-refractivity contribution in [3.05, 3.63) is 182 Å². The van der Waals surface area contributed by atoms with Gasteiger partial charge in [0, 0.05) is 6.42 Å². The first-order valence-corrected chi connectivity index (χ1v) is 42.5. The van der Waals surface area contributed by atoms with Gasteiger partial charge in [-0.15, -0.1) is 0 Å². The van der Waals surface area contributed by atoms with Gasteiger partial charge in [0.05, 0.1) is 32.0 Å². The van der Waals surface area contributed by atoms with E-state index in [2.05, 4.69) is 189 Å². The van der Waals surface area contributed by atoms with Crippen LogP contribution < -0.4 is 5.32 Å². The molecular formula is C93H153NO13. The molecule has 9 N–H and O–H groups in total. The fourth-order valence-electron chi connectivity index (χ4n) is 12.7. The lowest BCUT2D eigenvalue weighted by Gasteiger charge is -2.46. The fraction of sp³-hybridized carbons (Fsp3) is 0.667. The Labute approximate surface area is 650 Å². The first-order valence-electron chi connectivity index (χ1n) is 42.5. The molecule has 12 unspecified atom stereocenters. The van der Waals surface area contributed by atoms with Gasteiger partial charge in [-0.25, -0.2) is 0 Å². The van der Waals surface area contributed by atoms with E-state index in [0.717, 1.165) is 128 Å². The monoisotopic (exact) mass is 1490 g/mol. The Morgan fingerprint density at radius 1 is 0.346 bits per heavy atom. The second-order valence-corrected chi connectivity index (χ2v) is 28.9. The predicted molar refractivity (Wildman–Crippen MR) is 447 cm³/mol. The normalized spacial score (nSPS) is 22.2. The molecule has 0 radical (unpaired) electrons. The summed E-state index contributed by atoms with van der Waals surface area (Å²) >= 11 is 0. The molecule has 2 rings (SSSR count). The number of carbonyl (C=O) groups is 1. The van der Waals surface area contributed by atoms with Crippen LogP contribution in [0.25, 0.3) is 0 Å². The minimum atomic E-state index is -1.81. The van der Waals surface area contributed by atoms with Gasteiger partial charge in [0.15, 0.2) is 12.6 Å². The zero-order valence-electron chi connectivity index (χ0n) is 66.8. The molecule has 0 saturated carbocycles. The molecule has 0 bridgehead atoms. The number of hydrogen-bond donors (Lipinski definition) is 9. The van der Waals surface area contributed by atoms with Crippen LogP contribution in [0.2, 0.25) is 0 Å². The van der Waals surface area contributed by atoms with E-state index in [4.69, 9.17) is 18.9 Å². The van der Waals surface area contributed by atoms with E-state index in [1.54, 1.807) is 6.08 Å². The maximum Gasteiger partial charge on any atom is 0.220 e. The lowest BCUT2D eigenvalue weighted by molar-refractivity contribution is -0.359. The summed E-state index contributed by atoms with van der Waals surface area (Å²) in [5, 5.41) is 87.7. The van der Waals surface area contributed by atoms with E-state index in [1.165, 1.54) is 141 Å². The molecule has 2 fully saturated rings. The quantitative estimate of drug-likeness (QED) is 0.0204. The molecule has 1 amide bonds. The molecule has 2 heterocycles. The summed E-state index contributed by atoms with van der Waals surface area (Å²) in [6, 6.07) is -0.969. The second kappa shape index (κ2) is 73.9. The topological polar surface area (TPSA) is 228 Å². The fourth-order valence-corrected chi connectivity index (χ4v) is 12.7. The summed E-state index contributed by atoms with van der Waals surface area (Å²) < 4.78 is 22.9. The molecule has 2 saturated heterocycles. The van der Waals surface area contributed by atoms with Crippen molar-refractivity contribution < 1.29 is 64.6 Å². The average Bonchev–Trinajstić information content (AvgIpc) is 0.789. The number of unbranched alkanes of at least 4 members (excludes halogenated alkanes) is 28. The summed E-state index contributed by atoms with van der Waals surface area (Å²) in [4.78, 5) is 13.4. The van der Waals surface area contributed by atoms with Crippen LogP contribution in [0, 0.1) is 0 Å². The van der Waals surface area contributed by atoms with Crippen molar-refractivity contribution in [2.45, 2.75) is 376 Å². The van der Waals surface area contributed by atoms with Crippen LogP contribution >= 0.6 is 0 Å². The SMILES string of the molecule is CC/C=C\C/C=C\C/C=C\C/C=C\C/C=C\C/C=C\C/C=C\C/C=C\C/C=C\C/C=C\C/C=C\C/C=C\CCCCCCC(=O)NC(COC1OC(CO)C(OC2OC(CO)C(O)C(O)C2O)C(O)C1O)C(O)/C=C/CC/C=C/CC/C=C/CCCCCCCCCCCCCCCCCCCCCCCC.